The van der Waals surface area contributed by atoms with Gasteiger partial charge in [0, 0.05) is 33.7 Å². The van der Waals surface area contributed by atoms with Gasteiger partial charge in [-0.25, -0.2) is 20.1 Å². The first-order valence-corrected chi connectivity index (χ1v) is 11.6. The summed E-state index contributed by atoms with van der Waals surface area (Å²) in [6.07, 6.45) is 0. The van der Waals surface area contributed by atoms with Crippen LogP contribution >= 0.6 is 23.5 Å². The number of thioether (sulfide) groups is 2. The van der Waals surface area contributed by atoms with Gasteiger partial charge in [-0.05, 0) is 48.3 Å². The van der Waals surface area contributed by atoms with Crippen LogP contribution in [0.4, 0.5) is 0 Å². The number of nitriles is 3. The van der Waals surface area contributed by atoms with E-state index in [1.807, 2.05) is 38.1 Å². The van der Waals surface area contributed by atoms with E-state index in [0.29, 0.717) is 0 Å². The summed E-state index contributed by atoms with van der Waals surface area (Å²) in [6.45, 7) is 11.5. The molecule has 32 heavy (non-hydrogen) atoms. The lowest BCUT2D eigenvalue weighted by molar-refractivity contribution is 0.614. The fraction of sp³-hybridized carbons (Fsp3) is 0.250. The highest BCUT2D eigenvalue weighted by Crippen LogP contribution is 2.65. The van der Waals surface area contributed by atoms with Crippen LogP contribution in [0.1, 0.15) is 34.4 Å². The van der Waals surface area contributed by atoms with Gasteiger partial charge in [0.25, 0.3) is 5.70 Å². The Balaban J connectivity index is 1.86. The van der Waals surface area contributed by atoms with Crippen molar-refractivity contribution in [3.63, 3.8) is 0 Å². The molecule has 0 bridgehead atoms. The second-order valence-electron chi connectivity index (χ2n) is 7.81. The van der Waals surface area contributed by atoms with Crippen LogP contribution in [0, 0.1) is 54.4 Å². The van der Waals surface area contributed by atoms with Crippen LogP contribution in [0.5, 0.6) is 0 Å². The highest BCUT2D eigenvalue weighted by Gasteiger charge is 2.55. The van der Waals surface area contributed by atoms with Crippen molar-refractivity contribution >= 4 is 23.5 Å². The SMILES string of the molecule is [C-]#[N+]/C(C#N)=C1/C2Sc3nc(C)ccc3C2C(=C(C#N)C#N)C2Sc3nc(C)ccc3C12. The molecule has 4 atom stereocenters. The van der Waals surface area contributed by atoms with Crippen molar-refractivity contribution in [1.82, 2.24) is 9.97 Å². The summed E-state index contributed by atoms with van der Waals surface area (Å²) in [5, 5.41) is 30.7. The molecular formula is C24H14N6S2. The maximum atomic E-state index is 9.85. The quantitative estimate of drug-likeness (QED) is 0.413. The monoisotopic (exact) mass is 450 g/mol. The standard InChI is InChI=1S/C24H14N6S2/c1-11-4-6-14-18-17(13(8-25)9-26)21-19(15-7-5-12(2)30-24(15)31-21)20(16(10-27)28-3)22(18)32-23(14)29-11/h4-7,18-19,21-22H,1-2H3/b20-16+. The van der Waals surface area contributed by atoms with Gasteiger partial charge in [-0.1, -0.05) is 35.7 Å². The van der Waals surface area contributed by atoms with Gasteiger partial charge in [0.05, 0.1) is 12.6 Å². The molecule has 152 valence electrons. The first-order valence-electron chi connectivity index (χ1n) is 9.86. The highest BCUT2D eigenvalue weighted by atomic mass is 32.2. The fourth-order valence-electron chi connectivity index (χ4n) is 4.84. The van der Waals surface area contributed by atoms with Crippen molar-refractivity contribution in [3.05, 3.63) is 80.6 Å². The zero-order valence-corrected chi connectivity index (χ0v) is 18.8. The third-order valence-corrected chi connectivity index (χ3v) is 8.76. The first-order chi connectivity index (χ1) is 15.5. The third-order valence-electron chi connectivity index (χ3n) is 6.10. The Hall–Kier alpha value is -3.56. The van der Waals surface area contributed by atoms with Crippen molar-refractivity contribution in [1.29, 1.82) is 15.8 Å². The Kier molecular flexibility index (Phi) is 4.79. The van der Waals surface area contributed by atoms with Crippen LogP contribution in [-0.2, 0) is 0 Å². The maximum absolute atomic E-state index is 9.85. The number of hydrogen-bond donors (Lipinski definition) is 0. The van der Waals surface area contributed by atoms with Gasteiger partial charge in [-0.3, -0.25) is 0 Å². The van der Waals surface area contributed by atoms with Crippen LogP contribution in [0.3, 0.4) is 0 Å². The molecular weight excluding hydrogens is 436 g/mol. The molecule has 2 aliphatic heterocycles. The van der Waals surface area contributed by atoms with Crippen LogP contribution in [0.25, 0.3) is 4.85 Å². The minimum absolute atomic E-state index is 0.0792. The molecule has 1 aliphatic carbocycles. The summed E-state index contributed by atoms with van der Waals surface area (Å²) in [4.78, 5) is 13.0. The molecule has 3 aliphatic rings. The normalized spacial score (nSPS) is 25.8. The molecule has 5 rings (SSSR count). The molecule has 8 heteroatoms. The second kappa shape index (κ2) is 7.54. The molecule has 0 spiro atoms. The molecule has 1 saturated carbocycles. The zero-order chi connectivity index (χ0) is 22.6. The van der Waals surface area contributed by atoms with Gasteiger partial charge in [0.15, 0.2) is 0 Å². The third kappa shape index (κ3) is 2.78. The molecule has 0 radical (unpaired) electrons. The number of fused-ring (bicyclic) bond motifs is 6. The molecule has 0 saturated heterocycles. The van der Waals surface area contributed by atoms with E-state index >= 15 is 0 Å². The average molecular weight is 451 g/mol. The summed E-state index contributed by atoms with van der Waals surface area (Å²) < 4.78 is 0. The van der Waals surface area contributed by atoms with Crippen molar-refractivity contribution in [2.24, 2.45) is 0 Å². The van der Waals surface area contributed by atoms with E-state index in [4.69, 9.17) is 16.5 Å². The van der Waals surface area contributed by atoms with Crippen LogP contribution in [-0.4, -0.2) is 20.5 Å². The molecule has 0 aromatic carbocycles. The number of hydrogen-bond acceptors (Lipinski definition) is 7. The molecule has 0 N–H and O–H groups in total. The van der Waals surface area contributed by atoms with Gasteiger partial charge in [-0.15, -0.1) is 0 Å². The molecule has 4 unspecified atom stereocenters. The van der Waals surface area contributed by atoms with E-state index in [2.05, 4.69) is 23.1 Å². The van der Waals surface area contributed by atoms with Gasteiger partial charge in [-0.2, -0.15) is 10.5 Å². The van der Waals surface area contributed by atoms with E-state index in [9.17, 15) is 15.8 Å². The van der Waals surface area contributed by atoms with Gasteiger partial charge in [0.2, 0.25) is 0 Å². The van der Waals surface area contributed by atoms with Crippen molar-refractivity contribution < 1.29 is 0 Å². The predicted octanol–water partition coefficient (Wildman–Crippen LogP) is 4.96. The number of nitrogens with zero attached hydrogens (tertiary/aromatic N) is 6. The Bertz CT molecular complexity index is 1280. The Morgan fingerprint density at radius 1 is 0.844 bits per heavy atom. The minimum Gasteiger partial charge on any atom is -0.246 e. The molecule has 0 amide bonds. The van der Waals surface area contributed by atoms with Crippen molar-refractivity contribution in [2.75, 3.05) is 0 Å². The summed E-state index contributed by atoms with van der Waals surface area (Å²) in [5.41, 5.74) is 5.33. The lowest BCUT2D eigenvalue weighted by atomic mass is 9.68. The van der Waals surface area contributed by atoms with E-state index in [-0.39, 0.29) is 33.6 Å². The molecule has 4 heterocycles. The second-order valence-corrected chi connectivity index (χ2v) is 10.1. The smallest absolute Gasteiger partial charge is 0.246 e. The van der Waals surface area contributed by atoms with Crippen molar-refractivity contribution in [3.8, 4) is 18.2 Å². The average Bonchev–Trinajstić information content (AvgIpc) is 3.33. The van der Waals surface area contributed by atoms with Crippen LogP contribution in [0.2, 0.25) is 0 Å². The Labute approximate surface area is 194 Å². The zero-order valence-electron chi connectivity index (χ0n) is 17.1. The minimum atomic E-state index is -0.290. The first kappa shape index (κ1) is 20.3. The molecule has 1 fully saturated rings. The number of aryl methyl sites for hydroxylation is 2. The lowest BCUT2D eigenvalue weighted by Gasteiger charge is -2.39. The van der Waals surface area contributed by atoms with Gasteiger partial charge in [0.1, 0.15) is 27.8 Å². The number of pyridine rings is 2. The number of allylic oxidation sites excluding steroid dienone is 2. The topological polar surface area (TPSA) is 102 Å². The van der Waals surface area contributed by atoms with E-state index in [1.54, 1.807) is 0 Å². The Morgan fingerprint density at radius 3 is 1.81 bits per heavy atom. The van der Waals surface area contributed by atoms with E-state index in [1.165, 1.54) is 23.5 Å². The highest BCUT2D eigenvalue weighted by molar-refractivity contribution is 8.01. The summed E-state index contributed by atoms with van der Waals surface area (Å²) >= 11 is 3.05. The summed E-state index contributed by atoms with van der Waals surface area (Å²) in [6, 6.07) is 14.2. The fourth-order valence-corrected chi connectivity index (χ4v) is 8.01. The van der Waals surface area contributed by atoms with Crippen LogP contribution < -0.4 is 0 Å². The largest absolute Gasteiger partial charge is 0.262 e. The number of aromatic nitrogens is 2. The Morgan fingerprint density at radius 2 is 1.34 bits per heavy atom. The van der Waals surface area contributed by atoms with Gasteiger partial charge >= 0.3 is 0 Å². The van der Waals surface area contributed by atoms with E-state index in [0.717, 1.165) is 43.7 Å². The summed E-state index contributed by atoms with van der Waals surface area (Å²) in [7, 11) is 0. The maximum Gasteiger partial charge on any atom is 0.262 e. The lowest BCUT2D eigenvalue weighted by Crippen LogP contribution is -2.35. The summed E-state index contributed by atoms with van der Waals surface area (Å²) in [5.74, 6) is -0.579. The van der Waals surface area contributed by atoms with E-state index < -0.39 is 0 Å². The molecule has 6 nitrogen and oxygen atoms in total. The number of rotatable bonds is 0. The van der Waals surface area contributed by atoms with Crippen molar-refractivity contribution in [2.45, 2.75) is 46.2 Å². The van der Waals surface area contributed by atoms with Gasteiger partial charge < -0.3 is 0 Å². The molecule has 2 aromatic rings. The van der Waals surface area contributed by atoms with Crippen LogP contribution in [0.15, 0.2) is 56.7 Å². The molecule has 2 aromatic heterocycles. The predicted molar refractivity (Wildman–Crippen MR) is 120 cm³/mol.